The van der Waals surface area contributed by atoms with E-state index in [-0.39, 0.29) is 24.1 Å². The number of carbonyl (C=O) groups is 2. The van der Waals surface area contributed by atoms with Gasteiger partial charge in [0.05, 0.1) is 28.5 Å². The van der Waals surface area contributed by atoms with Crippen LogP contribution in [0.15, 0.2) is 53.6 Å². The average Bonchev–Trinajstić information content (AvgIpc) is 3.48. The lowest BCUT2D eigenvalue weighted by Gasteiger charge is -2.12. The van der Waals surface area contributed by atoms with E-state index >= 15 is 0 Å². The summed E-state index contributed by atoms with van der Waals surface area (Å²) < 4.78 is 1.22. The first-order valence-corrected chi connectivity index (χ1v) is 9.23. The first-order valence-electron chi connectivity index (χ1n) is 8.86. The Balaban J connectivity index is 1.53. The summed E-state index contributed by atoms with van der Waals surface area (Å²) >= 11 is 5.92. The van der Waals surface area contributed by atoms with E-state index in [0.29, 0.717) is 27.2 Å². The third-order valence-corrected chi connectivity index (χ3v) is 4.69. The van der Waals surface area contributed by atoms with Gasteiger partial charge in [0.2, 0.25) is 5.91 Å². The van der Waals surface area contributed by atoms with Crippen molar-refractivity contribution in [2.24, 2.45) is 0 Å². The van der Waals surface area contributed by atoms with E-state index in [9.17, 15) is 14.4 Å². The fourth-order valence-corrected chi connectivity index (χ4v) is 3.04. The number of halogens is 1. The van der Waals surface area contributed by atoms with Gasteiger partial charge in [-0.1, -0.05) is 23.7 Å². The standard InChI is InChI=1S/C20H17ClN4O3/c21-12-5-8-15-17(9-12)22-11-25(20(15)28)10-18(26)24-16-4-2-1-3-14(16)19(27)23-13-6-7-13/h1-5,8-9,11,13H,6-7,10H2,(H,23,27)(H,24,26). The molecule has 2 aromatic carbocycles. The summed E-state index contributed by atoms with van der Waals surface area (Å²) in [4.78, 5) is 41.6. The third kappa shape index (κ3) is 3.89. The van der Waals surface area contributed by atoms with Crippen molar-refractivity contribution in [3.63, 3.8) is 0 Å². The van der Waals surface area contributed by atoms with Gasteiger partial charge in [-0.25, -0.2) is 4.98 Å². The molecular weight excluding hydrogens is 380 g/mol. The van der Waals surface area contributed by atoms with Gasteiger partial charge >= 0.3 is 0 Å². The zero-order chi connectivity index (χ0) is 19.7. The molecule has 1 saturated carbocycles. The summed E-state index contributed by atoms with van der Waals surface area (Å²) in [7, 11) is 0. The minimum atomic E-state index is -0.427. The molecular formula is C20H17ClN4O3. The zero-order valence-corrected chi connectivity index (χ0v) is 15.6. The second kappa shape index (κ2) is 7.44. The lowest BCUT2D eigenvalue weighted by molar-refractivity contribution is -0.116. The quantitative estimate of drug-likeness (QED) is 0.693. The molecule has 7 nitrogen and oxygen atoms in total. The Morgan fingerprint density at radius 3 is 2.75 bits per heavy atom. The topological polar surface area (TPSA) is 93.1 Å². The SMILES string of the molecule is O=C(Cn1cnc2cc(Cl)ccc2c1=O)Nc1ccccc1C(=O)NC1CC1. The van der Waals surface area contributed by atoms with E-state index in [1.807, 2.05) is 0 Å². The highest BCUT2D eigenvalue weighted by molar-refractivity contribution is 6.31. The van der Waals surface area contributed by atoms with Crippen molar-refractivity contribution >= 4 is 40.0 Å². The number of fused-ring (bicyclic) bond motifs is 1. The molecule has 2 N–H and O–H groups in total. The summed E-state index contributed by atoms with van der Waals surface area (Å²) in [6, 6.07) is 11.8. The Morgan fingerprint density at radius 2 is 1.96 bits per heavy atom. The molecule has 1 aliphatic carbocycles. The van der Waals surface area contributed by atoms with Gasteiger partial charge in [-0.15, -0.1) is 0 Å². The van der Waals surface area contributed by atoms with Crippen molar-refractivity contribution in [2.75, 3.05) is 5.32 Å². The summed E-state index contributed by atoms with van der Waals surface area (Å²) in [6.45, 7) is -0.219. The van der Waals surface area contributed by atoms with Gasteiger partial charge in [0.15, 0.2) is 0 Å². The first kappa shape index (κ1) is 18.2. The maximum Gasteiger partial charge on any atom is 0.261 e. The predicted octanol–water partition coefficient (Wildman–Crippen LogP) is 2.58. The number of nitrogens with one attached hydrogen (secondary N) is 2. The molecule has 1 fully saturated rings. The van der Waals surface area contributed by atoms with Crippen LogP contribution in [0.2, 0.25) is 5.02 Å². The number of benzene rings is 2. The van der Waals surface area contributed by atoms with Gasteiger partial charge in [-0.3, -0.25) is 19.0 Å². The van der Waals surface area contributed by atoms with Crippen LogP contribution < -0.4 is 16.2 Å². The Morgan fingerprint density at radius 1 is 1.18 bits per heavy atom. The molecule has 0 unspecified atom stereocenters. The lowest BCUT2D eigenvalue weighted by Crippen LogP contribution is -2.30. The normalized spacial score (nSPS) is 13.3. The molecule has 1 heterocycles. The van der Waals surface area contributed by atoms with Gasteiger partial charge in [-0.2, -0.15) is 0 Å². The summed E-state index contributed by atoms with van der Waals surface area (Å²) in [5.74, 6) is -0.649. The predicted molar refractivity (Wildman–Crippen MR) is 107 cm³/mol. The molecule has 2 amide bonds. The molecule has 4 rings (SSSR count). The molecule has 8 heteroatoms. The van der Waals surface area contributed by atoms with Crippen LogP contribution in [0.5, 0.6) is 0 Å². The highest BCUT2D eigenvalue weighted by atomic mass is 35.5. The van der Waals surface area contributed by atoms with Gasteiger partial charge < -0.3 is 10.6 Å². The van der Waals surface area contributed by atoms with E-state index in [2.05, 4.69) is 15.6 Å². The van der Waals surface area contributed by atoms with Crippen LogP contribution in [0.1, 0.15) is 23.2 Å². The van der Waals surface area contributed by atoms with Gasteiger partial charge in [0.1, 0.15) is 6.54 Å². The molecule has 142 valence electrons. The summed E-state index contributed by atoms with van der Waals surface area (Å²) in [6.07, 6.45) is 3.26. The number of aromatic nitrogens is 2. The Kier molecular flexibility index (Phi) is 4.83. The third-order valence-electron chi connectivity index (χ3n) is 4.46. The van der Waals surface area contributed by atoms with Crippen LogP contribution in [0, 0.1) is 0 Å². The number of rotatable bonds is 5. The number of hydrogen-bond donors (Lipinski definition) is 2. The summed E-state index contributed by atoms with van der Waals surface area (Å²) in [5.41, 5.74) is 0.924. The van der Waals surface area contributed by atoms with Crippen LogP contribution in [-0.2, 0) is 11.3 Å². The van der Waals surface area contributed by atoms with E-state index in [1.165, 1.54) is 10.9 Å². The highest BCUT2D eigenvalue weighted by Gasteiger charge is 2.25. The van der Waals surface area contributed by atoms with Crippen LogP contribution in [-0.4, -0.2) is 27.4 Å². The minimum Gasteiger partial charge on any atom is -0.349 e. The number of anilines is 1. The molecule has 1 aromatic heterocycles. The molecule has 1 aliphatic rings. The van der Waals surface area contributed by atoms with Crippen LogP contribution in [0.25, 0.3) is 10.9 Å². The molecule has 0 spiro atoms. The van der Waals surface area contributed by atoms with Crippen LogP contribution >= 0.6 is 11.6 Å². The molecule has 0 radical (unpaired) electrons. The number of hydrogen-bond acceptors (Lipinski definition) is 4. The fourth-order valence-electron chi connectivity index (χ4n) is 2.87. The van der Waals surface area contributed by atoms with Crippen molar-refractivity contribution in [2.45, 2.75) is 25.4 Å². The van der Waals surface area contributed by atoms with Crippen LogP contribution in [0.4, 0.5) is 5.69 Å². The Bertz CT molecular complexity index is 1140. The second-order valence-corrected chi connectivity index (χ2v) is 7.12. The first-order chi connectivity index (χ1) is 13.5. The number of carbonyl (C=O) groups excluding carboxylic acids is 2. The lowest BCUT2D eigenvalue weighted by atomic mass is 10.1. The largest absolute Gasteiger partial charge is 0.349 e. The molecule has 3 aromatic rings. The van der Waals surface area contributed by atoms with E-state index in [0.717, 1.165) is 12.8 Å². The van der Waals surface area contributed by atoms with Crippen molar-refractivity contribution in [1.29, 1.82) is 0 Å². The maximum absolute atomic E-state index is 12.6. The van der Waals surface area contributed by atoms with Gasteiger partial charge in [-0.05, 0) is 43.2 Å². The minimum absolute atomic E-state index is 0.215. The molecule has 28 heavy (non-hydrogen) atoms. The van der Waals surface area contributed by atoms with E-state index in [4.69, 9.17) is 11.6 Å². The van der Waals surface area contributed by atoms with Crippen LogP contribution in [0.3, 0.4) is 0 Å². The number of nitrogens with zero attached hydrogens (tertiary/aromatic N) is 2. The maximum atomic E-state index is 12.6. The Hall–Kier alpha value is -3.19. The number of amides is 2. The number of para-hydroxylation sites is 1. The monoisotopic (exact) mass is 396 g/mol. The van der Waals surface area contributed by atoms with E-state index < -0.39 is 5.91 Å². The molecule has 0 bridgehead atoms. The van der Waals surface area contributed by atoms with Gasteiger partial charge in [0, 0.05) is 11.1 Å². The van der Waals surface area contributed by atoms with Crippen molar-refractivity contribution in [1.82, 2.24) is 14.9 Å². The fraction of sp³-hybridized carbons (Fsp3) is 0.200. The van der Waals surface area contributed by atoms with Gasteiger partial charge in [0.25, 0.3) is 11.5 Å². The van der Waals surface area contributed by atoms with E-state index in [1.54, 1.807) is 42.5 Å². The zero-order valence-electron chi connectivity index (χ0n) is 14.8. The summed E-state index contributed by atoms with van der Waals surface area (Å²) in [5, 5.41) is 6.47. The highest BCUT2D eigenvalue weighted by Crippen LogP contribution is 2.21. The van der Waals surface area contributed by atoms with Crippen molar-refractivity contribution in [3.8, 4) is 0 Å². The second-order valence-electron chi connectivity index (χ2n) is 6.68. The molecule has 0 atom stereocenters. The smallest absolute Gasteiger partial charge is 0.261 e. The molecule has 0 aliphatic heterocycles. The Labute approximate surface area is 165 Å². The van der Waals surface area contributed by atoms with Crippen molar-refractivity contribution < 1.29 is 9.59 Å². The van der Waals surface area contributed by atoms with Crippen molar-refractivity contribution in [3.05, 3.63) is 69.7 Å². The molecule has 0 saturated heterocycles. The average molecular weight is 397 g/mol.